The van der Waals surface area contributed by atoms with E-state index in [1.54, 1.807) is 26.0 Å². The largest absolute Gasteiger partial charge is 0.463 e. The van der Waals surface area contributed by atoms with E-state index in [-0.39, 0.29) is 11.9 Å². The van der Waals surface area contributed by atoms with Crippen molar-refractivity contribution in [3.05, 3.63) is 36.0 Å². The molecule has 1 rings (SSSR count). The van der Waals surface area contributed by atoms with Crippen molar-refractivity contribution in [3.8, 4) is 0 Å². The minimum absolute atomic E-state index is 0.129. The van der Waals surface area contributed by atoms with Gasteiger partial charge in [0.1, 0.15) is 0 Å². The normalized spacial score (nSPS) is 10.8. The Morgan fingerprint density at radius 2 is 1.84 bits per heavy atom. The van der Waals surface area contributed by atoms with Gasteiger partial charge in [-0.1, -0.05) is 6.07 Å². The van der Waals surface area contributed by atoms with Gasteiger partial charge in [-0.15, -0.1) is 0 Å². The molecule has 1 aromatic rings. The number of benzene rings is 1. The lowest BCUT2D eigenvalue weighted by atomic mass is 10.2. The molecule has 5 heteroatoms. The first-order valence-corrected chi connectivity index (χ1v) is 6.01. The van der Waals surface area contributed by atoms with Crippen molar-refractivity contribution in [2.45, 2.75) is 20.8 Å². The van der Waals surface area contributed by atoms with Crippen LogP contribution in [0.5, 0.6) is 0 Å². The summed E-state index contributed by atoms with van der Waals surface area (Å²) in [6, 6.07) is 7.22. The minimum Gasteiger partial charge on any atom is -0.463 e. The number of carbonyl (C=O) groups excluding carboxylic acids is 2. The Morgan fingerprint density at radius 3 is 2.42 bits per heavy atom. The maximum atomic E-state index is 11.3. The van der Waals surface area contributed by atoms with Crippen LogP contribution in [0, 0.1) is 0 Å². The lowest BCUT2D eigenvalue weighted by Crippen LogP contribution is -2.07. The SMILES string of the molecule is CCOC(=O)/C=C(\C)Nc1cccc(NC(C)=O)c1. The number of hydrogen-bond acceptors (Lipinski definition) is 4. The summed E-state index contributed by atoms with van der Waals surface area (Å²) in [7, 11) is 0. The maximum Gasteiger partial charge on any atom is 0.332 e. The van der Waals surface area contributed by atoms with Crippen LogP contribution in [0.4, 0.5) is 11.4 Å². The molecule has 1 amide bonds. The molecular weight excluding hydrogens is 244 g/mol. The first-order chi connectivity index (χ1) is 9.01. The molecule has 0 fully saturated rings. The van der Waals surface area contributed by atoms with Gasteiger partial charge in [0.05, 0.1) is 6.61 Å². The van der Waals surface area contributed by atoms with Crippen LogP contribution >= 0.6 is 0 Å². The van der Waals surface area contributed by atoms with Crippen LogP contribution in [0.15, 0.2) is 36.0 Å². The standard InChI is InChI=1S/C14H18N2O3/c1-4-19-14(18)8-10(2)15-12-6-5-7-13(9-12)16-11(3)17/h5-9,15H,4H2,1-3H3,(H,16,17)/b10-8+. The lowest BCUT2D eigenvalue weighted by Gasteiger charge is -2.09. The smallest absolute Gasteiger partial charge is 0.332 e. The summed E-state index contributed by atoms with van der Waals surface area (Å²) in [4.78, 5) is 22.2. The number of allylic oxidation sites excluding steroid dienone is 1. The number of carbonyl (C=O) groups is 2. The van der Waals surface area contributed by atoms with Crippen molar-refractivity contribution in [2.75, 3.05) is 17.2 Å². The second-order valence-corrected chi connectivity index (χ2v) is 3.97. The number of nitrogens with one attached hydrogen (secondary N) is 2. The zero-order chi connectivity index (χ0) is 14.3. The molecule has 1 aromatic carbocycles. The van der Waals surface area contributed by atoms with Gasteiger partial charge in [-0.3, -0.25) is 4.79 Å². The van der Waals surface area contributed by atoms with Crippen molar-refractivity contribution >= 4 is 23.3 Å². The number of rotatable bonds is 5. The Balaban J connectivity index is 2.71. The van der Waals surface area contributed by atoms with E-state index >= 15 is 0 Å². The van der Waals surface area contributed by atoms with E-state index in [2.05, 4.69) is 10.6 Å². The first kappa shape index (κ1) is 14.8. The minimum atomic E-state index is -0.384. The first-order valence-electron chi connectivity index (χ1n) is 6.01. The summed E-state index contributed by atoms with van der Waals surface area (Å²) >= 11 is 0. The van der Waals surface area contributed by atoms with Gasteiger partial charge < -0.3 is 15.4 Å². The van der Waals surface area contributed by atoms with Crippen LogP contribution in [0.25, 0.3) is 0 Å². The molecule has 19 heavy (non-hydrogen) atoms. The van der Waals surface area contributed by atoms with Crippen molar-refractivity contribution in [2.24, 2.45) is 0 Å². The summed E-state index contributed by atoms with van der Waals surface area (Å²) in [6.45, 7) is 5.32. The lowest BCUT2D eigenvalue weighted by molar-refractivity contribution is -0.137. The Hall–Kier alpha value is -2.30. The Bertz CT molecular complexity index is 495. The third kappa shape index (κ3) is 5.72. The molecule has 0 aliphatic rings. The highest BCUT2D eigenvalue weighted by molar-refractivity contribution is 5.89. The van der Waals surface area contributed by atoms with Crippen LogP contribution in [0.3, 0.4) is 0 Å². The van der Waals surface area contributed by atoms with Crippen LogP contribution in [-0.2, 0) is 14.3 Å². The van der Waals surface area contributed by atoms with Gasteiger partial charge in [-0.25, -0.2) is 4.79 Å². The molecular formula is C14H18N2O3. The molecule has 0 saturated carbocycles. The highest BCUT2D eigenvalue weighted by Gasteiger charge is 2.00. The van der Waals surface area contributed by atoms with Crippen LogP contribution in [0.1, 0.15) is 20.8 Å². The van der Waals surface area contributed by atoms with Gasteiger partial charge in [0.15, 0.2) is 0 Å². The zero-order valence-corrected chi connectivity index (χ0v) is 11.3. The molecule has 102 valence electrons. The summed E-state index contributed by atoms with van der Waals surface area (Å²) < 4.78 is 4.81. The van der Waals surface area contributed by atoms with Crippen molar-refractivity contribution < 1.29 is 14.3 Å². The quantitative estimate of drug-likeness (QED) is 0.632. The number of ether oxygens (including phenoxy) is 1. The summed E-state index contributed by atoms with van der Waals surface area (Å²) in [6.07, 6.45) is 1.38. The molecule has 0 unspecified atom stereocenters. The molecule has 0 bridgehead atoms. The molecule has 2 N–H and O–H groups in total. The van der Waals surface area contributed by atoms with Crippen molar-refractivity contribution in [1.29, 1.82) is 0 Å². The number of hydrogen-bond donors (Lipinski definition) is 2. The van der Waals surface area contributed by atoms with Crippen LogP contribution in [-0.4, -0.2) is 18.5 Å². The monoisotopic (exact) mass is 262 g/mol. The van der Waals surface area contributed by atoms with E-state index in [0.717, 1.165) is 5.69 Å². The van der Waals surface area contributed by atoms with Gasteiger partial charge in [0, 0.05) is 30.1 Å². The van der Waals surface area contributed by atoms with Gasteiger partial charge in [0.25, 0.3) is 0 Å². The topological polar surface area (TPSA) is 67.4 Å². The molecule has 0 saturated heterocycles. The zero-order valence-electron chi connectivity index (χ0n) is 11.3. The average molecular weight is 262 g/mol. The highest BCUT2D eigenvalue weighted by Crippen LogP contribution is 2.16. The Labute approximate surface area is 112 Å². The summed E-state index contributed by atoms with van der Waals surface area (Å²) in [5.74, 6) is -0.513. The molecule has 0 aliphatic carbocycles. The number of amides is 1. The van der Waals surface area contributed by atoms with E-state index in [9.17, 15) is 9.59 Å². The fourth-order valence-electron chi connectivity index (χ4n) is 1.50. The molecule has 0 aromatic heterocycles. The molecule has 0 atom stereocenters. The third-order valence-electron chi connectivity index (χ3n) is 2.15. The molecule has 0 spiro atoms. The molecule has 0 heterocycles. The second kappa shape index (κ2) is 7.20. The number of esters is 1. The molecule has 0 aliphatic heterocycles. The van der Waals surface area contributed by atoms with Gasteiger partial charge in [0.2, 0.25) is 5.91 Å². The average Bonchev–Trinajstić information content (AvgIpc) is 2.28. The number of anilines is 2. The Morgan fingerprint density at radius 1 is 1.21 bits per heavy atom. The Kier molecular flexibility index (Phi) is 5.60. The molecule has 0 radical (unpaired) electrons. The van der Waals surface area contributed by atoms with Crippen molar-refractivity contribution in [3.63, 3.8) is 0 Å². The highest BCUT2D eigenvalue weighted by atomic mass is 16.5. The predicted octanol–water partition coefficient (Wildman–Crippen LogP) is 2.52. The van der Waals surface area contributed by atoms with Gasteiger partial charge in [-0.05, 0) is 32.0 Å². The van der Waals surface area contributed by atoms with E-state index < -0.39 is 0 Å². The van der Waals surface area contributed by atoms with E-state index in [4.69, 9.17) is 4.74 Å². The third-order valence-corrected chi connectivity index (χ3v) is 2.15. The fourth-order valence-corrected chi connectivity index (χ4v) is 1.50. The second-order valence-electron chi connectivity index (χ2n) is 3.97. The van der Waals surface area contributed by atoms with Crippen molar-refractivity contribution in [1.82, 2.24) is 0 Å². The summed E-state index contributed by atoms with van der Waals surface area (Å²) in [5.41, 5.74) is 2.14. The van der Waals surface area contributed by atoms with Crippen LogP contribution < -0.4 is 10.6 Å². The van der Waals surface area contributed by atoms with Gasteiger partial charge >= 0.3 is 5.97 Å². The van der Waals surface area contributed by atoms with Gasteiger partial charge in [-0.2, -0.15) is 0 Å². The maximum absolute atomic E-state index is 11.3. The van der Waals surface area contributed by atoms with E-state index in [1.165, 1.54) is 13.0 Å². The fraction of sp³-hybridized carbons (Fsp3) is 0.286. The van der Waals surface area contributed by atoms with E-state index in [1.807, 2.05) is 12.1 Å². The predicted molar refractivity (Wildman–Crippen MR) is 74.8 cm³/mol. The molecule has 5 nitrogen and oxygen atoms in total. The summed E-state index contributed by atoms with van der Waals surface area (Å²) in [5, 5.41) is 5.74. The van der Waals surface area contributed by atoms with Crippen LogP contribution in [0.2, 0.25) is 0 Å². The van der Waals surface area contributed by atoms with E-state index in [0.29, 0.717) is 18.0 Å².